The van der Waals surface area contributed by atoms with Crippen molar-refractivity contribution in [3.8, 4) is 11.5 Å². The zero-order chi connectivity index (χ0) is 18.0. The summed E-state index contributed by atoms with van der Waals surface area (Å²) < 4.78 is 44.5. The van der Waals surface area contributed by atoms with Gasteiger partial charge in [-0.15, -0.1) is 5.10 Å². The number of aryl methyl sites for hydroxylation is 1. The van der Waals surface area contributed by atoms with E-state index in [4.69, 9.17) is 4.42 Å². The van der Waals surface area contributed by atoms with E-state index in [-0.39, 0.29) is 17.6 Å². The number of benzene rings is 1. The second-order valence-electron chi connectivity index (χ2n) is 5.00. The summed E-state index contributed by atoms with van der Waals surface area (Å²) in [5.74, 6) is -0.544. The third-order valence-electron chi connectivity index (χ3n) is 3.30. The molecule has 0 saturated carbocycles. The molecule has 1 N–H and O–H groups in total. The topological polar surface area (TPSA) is 85.8 Å². The number of nitrogens with one attached hydrogen (secondary N) is 1. The van der Waals surface area contributed by atoms with E-state index in [0.717, 1.165) is 12.1 Å². The maximum absolute atomic E-state index is 12.6. The van der Waals surface area contributed by atoms with Crippen LogP contribution in [0, 0.1) is 0 Å². The molecule has 0 fully saturated rings. The van der Waals surface area contributed by atoms with Crippen molar-refractivity contribution in [3.63, 3.8) is 0 Å². The van der Waals surface area contributed by atoms with Crippen LogP contribution in [0.1, 0.15) is 23.0 Å². The highest BCUT2D eigenvalue weighted by Crippen LogP contribution is 2.30. The minimum atomic E-state index is -4.42. The number of hydrogen-bond acceptors (Lipinski definition) is 5. The highest BCUT2D eigenvalue weighted by atomic mass is 19.4. The van der Waals surface area contributed by atoms with Crippen molar-refractivity contribution in [1.29, 1.82) is 0 Å². The minimum absolute atomic E-state index is 0.0110. The molecule has 0 spiro atoms. The lowest BCUT2D eigenvalue weighted by atomic mass is 10.1. The van der Waals surface area contributed by atoms with Gasteiger partial charge >= 0.3 is 12.2 Å². The average molecular weight is 351 g/mol. The lowest BCUT2D eigenvalue weighted by Crippen LogP contribution is -2.13. The summed E-state index contributed by atoms with van der Waals surface area (Å²) in [7, 11) is 0. The molecule has 2 aromatic heterocycles. The highest BCUT2D eigenvalue weighted by Gasteiger charge is 2.30. The zero-order valence-electron chi connectivity index (χ0n) is 12.9. The van der Waals surface area contributed by atoms with Crippen LogP contribution in [0.4, 0.5) is 19.2 Å². The largest absolute Gasteiger partial charge is 0.416 e. The third kappa shape index (κ3) is 3.67. The van der Waals surface area contributed by atoms with Crippen LogP contribution in [0.2, 0.25) is 0 Å². The molecule has 0 bridgehead atoms. The van der Waals surface area contributed by atoms with Gasteiger partial charge < -0.3 is 4.42 Å². The van der Waals surface area contributed by atoms with E-state index in [1.807, 2.05) is 6.92 Å². The van der Waals surface area contributed by atoms with Gasteiger partial charge in [-0.2, -0.15) is 18.3 Å². The Bertz CT molecular complexity index is 883. The van der Waals surface area contributed by atoms with Gasteiger partial charge in [0.2, 0.25) is 5.89 Å². The summed E-state index contributed by atoms with van der Waals surface area (Å²) in [6.45, 7) is 2.49. The summed E-state index contributed by atoms with van der Waals surface area (Å²) in [4.78, 5) is 12.0. The number of alkyl halides is 3. The molecule has 0 unspecified atom stereocenters. The van der Waals surface area contributed by atoms with E-state index in [9.17, 15) is 18.0 Å². The van der Waals surface area contributed by atoms with E-state index < -0.39 is 17.6 Å². The molecule has 7 nitrogen and oxygen atoms in total. The maximum Gasteiger partial charge on any atom is 0.416 e. The number of nitrogens with zero attached hydrogens (tertiary/aromatic N) is 4. The fourth-order valence-electron chi connectivity index (χ4n) is 2.01. The van der Waals surface area contributed by atoms with Crippen LogP contribution in [-0.4, -0.2) is 25.9 Å². The van der Waals surface area contributed by atoms with Crippen LogP contribution >= 0.6 is 0 Å². The first-order valence-electron chi connectivity index (χ1n) is 7.23. The van der Waals surface area contributed by atoms with E-state index in [0.29, 0.717) is 12.1 Å². The molecule has 0 radical (unpaired) electrons. The number of hydrogen-bond donors (Lipinski definition) is 1. The van der Waals surface area contributed by atoms with Gasteiger partial charge in [-0.05, 0) is 37.3 Å². The minimum Gasteiger partial charge on any atom is -0.403 e. The lowest BCUT2D eigenvalue weighted by Gasteiger charge is -2.05. The average Bonchev–Trinajstić information content (AvgIpc) is 3.23. The Morgan fingerprint density at radius 3 is 2.52 bits per heavy atom. The molecular formula is C15H12F3N5O2. The number of halogens is 3. The van der Waals surface area contributed by atoms with Crippen molar-refractivity contribution in [2.75, 3.05) is 5.32 Å². The lowest BCUT2D eigenvalue weighted by molar-refractivity contribution is -0.137. The number of anilines is 1. The van der Waals surface area contributed by atoms with Gasteiger partial charge in [-0.25, -0.2) is 0 Å². The van der Waals surface area contributed by atoms with Crippen molar-refractivity contribution in [3.05, 3.63) is 47.8 Å². The second kappa shape index (κ2) is 6.38. The van der Waals surface area contributed by atoms with Gasteiger partial charge in [0.25, 0.3) is 5.91 Å². The quantitative estimate of drug-likeness (QED) is 0.780. The fourth-order valence-corrected chi connectivity index (χ4v) is 2.01. The molecule has 25 heavy (non-hydrogen) atoms. The molecule has 130 valence electrons. The fraction of sp³-hybridized carbons (Fsp3) is 0.200. The number of rotatable bonds is 4. The molecule has 10 heteroatoms. The van der Waals surface area contributed by atoms with Crippen LogP contribution in [0.5, 0.6) is 0 Å². The van der Waals surface area contributed by atoms with Gasteiger partial charge in [0, 0.05) is 18.3 Å². The van der Waals surface area contributed by atoms with Gasteiger partial charge in [0.1, 0.15) is 0 Å². The van der Waals surface area contributed by atoms with Crippen molar-refractivity contribution >= 4 is 11.9 Å². The second-order valence-corrected chi connectivity index (χ2v) is 5.00. The SMILES string of the molecule is CCn1ccc(C(=O)Nc2nnc(-c3ccc(C(F)(F)F)cc3)o2)n1. The van der Waals surface area contributed by atoms with Crippen molar-refractivity contribution in [2.24, 2.45) is 0 Å². The van der Waals surface area contributed by atoms with Gasteiger partial charge in [0.05, 0.1) is 5.56 Å². The Morgan fingerprint density at radius 2 is 1.92 bits per heavy atom. The molecule has 1 aromatic carbocycles. The molecule has 0 atom stereocenters. The highest BCUT2D eigenvalue weighted by molar-refractivity contribution is 6.01. The predicted octanol–water partition coefficient (Wildman–Crippen LogP) is 3.22. The molecule has 3 aromatic rings. The van der Waals surface area contributed by atoms with Crippen LogP contribution in [-0.2, 0) is 12.7 Å². The van der Waals surface area contributed by atoms with Gasteiger partial charge in [-0.1, -0.05) is 5.10 Å². The summed E-state index contributed by atoms with van der Waals surface area (Å²) >= 11 is 0. The Labute approximate surface area is 139 Å². The van der Waals surface area contributed by atoms with Crippen molar-refractivity contribution in [2.45, 2.75) is 19.6 Å². The van der Waals surface area contributed by atoms with E-state index in [1.54, 1.807) is 10.9 Å². The first-order valence-corrected chi connectivity index (χ1v) is 7.23. The van der Waals surface area contributed by atoms with Gasteiger partial charge in [-0.3, -0.25) is 14.8 Å². The van der Waals surface area contributed by atoms with Crippen molar-refractivity contribution < 1.29 is 22.4 Å². The maximum atomic E-state index is 12.6. The first kappa shape index (κ1) is 16.7. The molecule has 0 aliphatic rings. The summed E-state index contributed by atoms with van der Waals surface area (Å²) in [6.07, 6.45) is -2.77. The van der Waals surface area contributed by atoms with Crippen molar-refractivity contribution in [1.82, 2.24) is 20.0 Å². The molecule has 1 amide bonds. The Hall–Kier alpha value is -3.17. The number of carbonyl (C=O) groups excluding carboxylic acids is 1. The molecule has 0 aliphatic carbocycles. The van der Waals surface area contributed by atoms with Crippen LogP contribution in [0.3, 0.4) is 0 Å². The molecule has 2 heterocycles. The first-order chi connectivity index (χ1) is 11.9. The molecule has 0 saturated heterocycles. The van der Waals surface area contributed by atoms with Crippen LogP contribution in [0.25, 0.3) is 11.5 Å². The Balaban J connectivity index is 1.73. The Morgan fingerprint density at radius 1 is 1.20 bits per heavy atom. The number of aromatic nitrogens is 4. The monoisotopic (exact) mass is 351 g/mol. The smallest absolute Gasteiger partial charge is 0.403 e. The number of amides is 1. The molecule has 3 rings (SSSR count). The third-order valence-corrected chi connectivity index (χ3v) is 3.30. The summed E-state index contributed by atoms with van der Waals surface area (Å²) in [5.41, 5.74) is -0.303. The summed E-state index contributed by atoms with van der Waals surface area (Å²) in [5, 5.41) is 13.8. The molecular weight excluding hydrogens is 339 g/mol. The van der Waals surface area contributed by atoms with E-state index in [1.165, 1.54) is 18.2 Å². The van der Waals surface area contributed by atoms with E-state index in [2.05, 4.69) is 20.6 Å². The summed E-state index contributed by atoms with van der Waals surface area (Å²) in [6, 6.07) is 5.61. The molecule has 0 aliphatic heterocycles. The standard InChI is InChI=1S/C15H12F3N5O2/c1-2-23-8-7-11(22-23)12(24)19-14-21-20-13(25-14)9-3-5-10(6-4-9)15(16,17)18/h3-8H,2H2,1H3,(H,19,21,24). The van der Waals surface area contributed by atoms with Crippen LogP contribution in [0.15, 0.2) is 40.9 Å². The van der Waals surface area contributed by atoms with E-state index >= 15 is 0 Å². The predicted molar refractivity (Wildman–Crippen MR) is 80.6 cm³/mol. The normalized spacial score (nSPS) is 11.5. The van der Waals surface area contributed by atoms with Crippen LogP contribution < -0.4 is 5.32 Å². The Kier molecular flexibility index (Phi) is 4.26. The van der Waals surface area contributed by atoms with Gasteiger partial charge in [0.15, 0.2) is 5.69 Å². The number of carbonyl (C=O) groups is 1. The zero-order valence-corrected chi connectivity index (χ0v) is 12.9.